The molecule has 1 aromatic carbocycles. The van der Waals surface area contributed by atoms with E-state index in [-0.39, 0.29) is 0 Å². The normalized spacial score (nSPS) is 13.3. The number of rotatable bonds is 6. The van der Waals surface area contributed by atoms with Gasteiger partial charge in [-0.25, -0.2) is 0 Å². The second-order valence-electron chi connectivity index (χ2n) is 8.93. The van der Waals surface area contributed by atoms with Crippen molar-refractivity contribution in [2.45, 2.75) is 50.8 Å². The quantitative estimate of drug-likeness (QED) is 0.529. The highest BCUT2D eigenvalue weighted by molar-refractivity contribution is 7.95. The molecule has 0 bridgehead atoms. The summed E-state index contributed by atoms with van der Waals surface area (Å²) < 4.78 is 0. The van der Waals surface area contributed by atoms with Gasteiger partial charge in [0.05, 0.1) is 41.2 Å². The molecule has 0 saturated carbocycles. The Kier molecular flexibility index (Phi) is 6.95. The Morgan fingerprint density at radius 2 is 0.909 bits per heavy atom. The van der Waals surface area contributed by atoms with Crippen LogP contribution >= 0.6 is 0 Å². The highest BCUT2D eigenvalue weighted by Gasteiger charge is 2.29. The van der Waals surface area contributed by atoms with Crippen LogP contribution in [-0.4, -0.2) is 41.2 Å². The average Bonchev–Trinajstić information content (AvgIpc) is 2.26. The van der Waals surface area contributed by atoms with Gasteiger partial charge in [0, 0.05) is 11.1 Å². The van der Waals surface area contributed by atoms with E-state index in [1.807, 2.05) is 0 Å². The van der Waals surface area contributed by atoms with Gasteiger partial charge in [-0.3, -0.25) is 0 Å². The Balaban J connectivity index is 3.56. The summed E-state index contributed by atoms with van der Waals surface area (Å²) in [6.45, 7) is 15.0. The summed E-state index contributed by atoms with van der Waals surface area (Å²) in [4.78, 5) is 0. The molecule has 1 aromatic rings. The molecule has 0 amide bonds. The lowest BCUT2D eigenvalue weighted by Crippen LogP contribution is -2.47. The van der Waals surface area contributed by atoms with Crippen LogP contribution in [0, 0.1) is 0 Å². The van der Waals surface area contributed by atoms with Gasteiger partial charge >= 0.3 is 0 Å². The SMILES string of the molecule is C[S+](C)Cc1cc([Si](C)(C)C)c(C[S+](C)C)cc1[Si](C)(C)C. The Labute approximate surface area is 147 Å². The Bertz CT molecular complexity index is 461. The molecule has 22 heavy (non-hydrogen) atoms. The fourth-order valence-corrected chi connectivity index (χ4v) is 8.39. The molecule has 4 heteroatoms. The van der Waals surface area contributed by atoms with Crippen LogP contribution in [0.15, 0.2) is 12.1 Å². The highest BCUT2D eigenvalue weighted by Crippen LogP contribution is 2.17. The zero-order valence-electron chi connectivity index (χ0n) is 16.4. The van der Waals surface area contributed by atoms with Crippen molar-refractivity contribution < 1.29 is 0 Å². The van der Waals surface area contributed by atoms with Crippen molar-refractivity contribution in [2.75, 3.05) is 25.0 Å². The lowest BCUT2D eigenvalue weighted by Gasteiger charge is -2.27. The van der Waals surface area contributed by atoms with Crippen LogP contribution < -0.4 is 10.4 Å². The third-order valence-corrected chi connectivity index (χ3v) is 9.77. The summed E-state index contributed by atoms with van der Waals surface area (Å²) in [5, 5.41) is 3.44. The van der Waals surface area contributed by atoms with Gasteiger partial charge in [0.15, 0.2) is 0 Å². The zero-order valence-corrected chi connectivity index (χ0v) is 20.0. The molecule has 0 nitrogen and oxygen atoms in total. The monoisotopic (exact) mass is 372 g/mol. The third kappa shape index (κ3) is 5.77. The fraction of sp³-hybridized carbons (Fsp3) is 0.667. The van der Waals surface area contributed by atoms with Gasteiger partial charge in [-0.2, -0.15) is 0 Å². The maximum atomic E-state index is 2.63. The molecule has 0 heterocycles. The first-order valence-electron chi connectivity index (χ1n) is 8.07. The Morgan fingerprint density at radius 3 is 1.09 bits per heavy atom. The van der Waals surface area contributed by atoms with Gasteiger partial charge in [-0.05, 0) is 21.8 Å². The first-order chi connectivity index (χ1) is 9.82. The number of hydrogen-bond acceptors (Lipinski definition) is 0. The summed E-state index contributed by atoms with van der Waals surface area (Å²) in [5.41, 5.74) is 3.33. The molecular weight excluding hydrogens is 337 g/mol. The molecule has 0 N–H and O–H groups in total. The second kappa shape index (κ2) is 7.50. The van der Waals surface area contributed by atoms with Crippen molar-refractivity contribution in [1.82, 2.24) is 0 Å². The van der Waals surface area contributed by atoms with Crippen molar-refractivity contribution in [1.29, 1.82) is 0 Å². The van der Waals surface area contributed by atoms with E-state index in [1.165, 1.54) is 11.5 Å². The van der Waals surface area contributed by atoms with Gasteiger partial charge in [0.2, 0.25) is 0 Å². The van der Waals surface area contributed by atoms with E-state index in [4.69, 9.17) is 0 Å². The molecule has 1 rings (SSSR count). The van der Waals surface area contributed by atoms with Crippen molar-refractivity contribution >= 4 is 48.3 Å². The van der Waals surface area contributed by atoms with E-state index in [9.17, 15) is 0 Å². The fourth-order valence-electron chi connectivity index (χ4n) is 2.95. The van der Waals surface area contributed by atoms with Crippen LogP contribution in [0.2, 0.25) is 39.3 Å². The molecule has 126 valence electrons. The molecule has 0 radical (unpaired) electrons. The summed E-state index contributed by atoms with van der Waals surface area (Å²) in [7, 11) is -1.62. The lowest BCUT2D eigenvalue weighted by atomic mass is 10.1. The van der Waals surface area contributed by atoms with Gasteiger partial charge < -0.3 is 0 Å². The summed E-state index contributed by atoms with van der Waals surface area (Å²) >= 11 is 0. The maximum absolute atomic E-state index is 2.63. The minimum Gasteiger partial charge on any atom is -0.0656 e. The van der Waals surface area contributed by atoms with E-state index >= 15 is 0 Å². The Hall–Kier alpha value is 0.354. The van der Waals surface area contributed by atoms with Gasteiger partial charge in [-0.1, -0.05) is 61.8 Å². The molecule has 0 aromatic heterocycles. The zero-order chi connectivity index (χ0) is 17.3. The minimum absolute atomic E-state index is 0.475. The standard InChI is InChI=1S/C18H36S2Si2/c1-19(2)13-15-11-18(22(8,9)10)16(14-20(3)4)12-17(15)21(5,6)7/h11-12H,13-14H2,1-10H3/q+2. The second-order valence-corrected chi connectivity index (χ2v) is 23.5. The highest BCUT2D eigenvalue weighted by atomic mass is 32.2. The molecule has 0 fully saturated rings. The Morgan fingerprint density at radius 1 is 0.636 bits per heavy atom. The van der Waals surface area contributed by atoms with Crippen molar-refractivity contribution in [3.05, 3.63) is 23.3 Å². The van der Waals surface area contributed by atoms with E-state index in [0.717, 1.165) is 0 Å². The van der Waals surface area contributed by atoms with Crippen LogP contribution in [0.5, 0.6) is 0 Å². The van der Waals surface area contributed by atoms with E-state index < -0.39 is 16.1 Å². The molecule has 0 aliphatic carbocycles. The smallest absolute Gasteiger partial charge is 0.0656 e. The predicted molar refractivity (Wildman–Crippen MR) is 118 cm³/mol. The summed E-state index contributed by atoms with van der Waals surface area (Å²) in [5.74, 6) is 2.53. The van der Waals surface area contributed by atoms with Crippen molar-refractivity contribution in [2.24, 2.45) is 0 Å². The van der Waals surface area contributed by atoms with Crippen LogP contribution in [-0.2, 0) is 33.3 Å². The number of benzene rings is 1. The average molecular weight is 373 g/mol. The molecule has 0 aliphatic rings. The first-order valence-corrected chi connectivity index (χ1v) is 19.5. The van der Waals surface area contributed by atoms with E-state index in [2.05, 4.69) is 76.4 Å². The van der Waals surface area contributed by atoms with Crippen LogP contribution in [0.3, 0.4) is 0 Å². The molecule has 0 aliphatic heterocycles. The van der Waals surface area contributed by atoms with Gasteiger partial charge in [-0.15, -0.1) is 0 Å². The molecule has 0 spiro atoms. The molecule has 0 unspecified atom stereocenters. The van der Waals surface area contributed by atoms with E-state index in [0.29, 0.717) is 21.8 Å². The molecule has 0 saturated heterocycles. The summed E-state index contributed by atoms with van der Waals surface area (Å²) in [6.07, 6.45) is 9.52. The van der Waals surface area contributed by atoms with Crippen molar-refractivity contribution in [3.63, 3.8) is 0 Å². The van der Waals surface area contributed by atoms with Gasteiger partial charge in [0.25, 0.3) is 0 Å². The summed E-state index contributed by atoms with van der Waals surface area (Å²) in [6, 6.07) is 5.27. The molecule has 0 atom stereocenters. The first kappa shape index (κ1) is 20.4. The third-order valence-electron chi connectivity index (χ3n) is 3.83. The van der Waals surface area contributed by atoms with Crippen LogP contribution in [0.4, 0.5) is 0 Å². The largest absolute Gasteiger partial charge is 0.132 e. The maximum Gasteiger partial charge on any atom is 0.132 e. The predicted octanol–water partition coefficient (Wildman–Crippen LogP) is 3.53. The van der Waals surface area contributed by atoms with Gasteiger partial charge in [0.1, 0.15) is 11.5 Å². The molecular formula is C18H36S2Si2+2. The van der Waals surface area contributed by atoms with Crippen molar-refractivity contribution in [3.8, 4) is 0 Å². The van der Waals surface area contributed by atoms with Crippen LogP contribution in [0.25, 0.3) is 0 Å². The lowest BCUT2D eigenvalue weighted by molar-refractivity contribution is 1.36. The van der Waals surface area contributed by atoms with E-state index in [1.54, 1.807) is 21.5 Å². The topological polar surface area (TPSA) is 0 Å². The minimum atomic E-state index is -1.29. The van der Waals surface area contributed by atoms with Crippen LogP contribution in [0.1, 0.15) is 11.1 Å². The number of hydrogen-bond donors (Lipinski definition) is 0.